The minimum Gasteiger partial charge on any atom is -0.302 e. The molecule has 146 valence electrons. The Morgan fingerprint density at radius 3 is 2.43 bits per heavy atom. The molecule has 1 saturated carbocycles. The number of aryl methyl sites for hydroxylation is 1. The predicted molar refractivity (Wildman–Crippen MR) is 108 cm³/mol. The molecule has 7 heteroatoms. The summed E-state index contributed by atoms with van der Waals surface area (Å²) in [5.74, 6) is -0.766. The number of amides is 3. The van der Waals surface area contributed by atoms with E-state index in [4.69, 9.17) is 0 Å². The molecule has 1 aromatic carbocycles. The lowest BCUT2D eigenvalue weighted by Crippen LogP contribution is -2.34. The average molecular weight is 398 g/mol. The van der Waals surface area contributed by atoms with E-state index in [-0.39, 0.29) is 42.5 Å². The number of benzene rings is 1. The van der Waals surface area contributed by atoms with Crippen molar-refractivity contribution in [3.8, 4) is 11.3 Å². The number of carbonyl (C=O) groups excluding carboxylic acids is 3. The van der Waals surface area contributed by atoms with Crippen LogP contribution in [0.2, 0.25) is 0 Å². The highest BCUT2D eigenvalue weighted by Crippen LogP contribution is 2.38. The van der Waals surface area contributed by atoms with Crippen molar-refractivity contribution in [2.75, 3.05) is 11.9 Å². The van der Waals surface area contributed by atoms with Gasteiger partial charge in [0.15, 0.2) is 5.13 Å². The molecule has 2 aromatic rings. The number of carbonyl (C=O) groups is 3. The number of nitrogens with one attached hydrogen (secondary N) is 1. The van der Waals surface area contributed by atoms with E-state index < -0.39 is 0 Å². The minimum absolute atomic E-state index is 0.0936. The molecular formula is C21H23N3O3S. The number of hydrogen-bond acceptors (Lipinski definition) is 5. The molecule has 1 saturated heterocycles. The van der Waals surface area contributed by atoms with E-state index in [1.807, 2.05) is 36.6 Å². The molecule has 0 spiro atoms. The van der Waals surface area contributed by atoms with Gasteiger partial charge in [-0.3, -0.25) is 19.3 Å². The van der Waals surface area contributed by atoms with Gasteiger partial charge in [0.05, 0.1) is 17.5 Å². The van der Waals surface area contributed by atoms with Gasteiger partial charge in [-0.2, -0.15) is 0 Å². The first-order valence-electron chi connectivity index (χ1n) is 9.70. The topological polar surface area (TPSA) is 79.4 Å². The molecule has 1 N–H and O–H groups in total. The Morgan fingerprint density at radius 2 is 1.79 bits per heavy atom. The molecule has 0 unspecified atom stereocenters. The van der Waals surface area contributed by atoms with Gasteiger partial charge in [-0.05, 0) is 19.8 Å². The number of anilines is 1. The maximum absolute atomic E-state index is 12.5. The van der Waals surface area contributed by atoms with Gasteiger partial charge in [-0.15, -0.1) is 11.3 Å². The molecule has 1 aromatic heterocycles. The SMILES string of the molecule is Cc1ccc(-c2csc(NC(=O)CCN3C(=O)[C@H]4CCCC[C@H]4C3=O)n2)cc1. The Bertz CT molecular complexity index is 882. The molecule has 1 aliphatic carbocycles. The Morgan fingerprint density at radius 1 is 1.14 bits per heavy atom. The standard InChI is InChI=1S/C21H23N3O3S/c1-13-6-8-14(9-7-13)17-12-28-21(22-17)23-18(25)10-11-24-19(26)15-4-2-3-5-16(15)20(24)27/h6-9,12,15-16H,2-5,10-11H2,1H3,(H,22,23,25)/t15-,16+. The van der Waals surface area contributed by atoms with Gasteiger partial charge in [0.2, 0.25) is 17.7 Å². The third-order valence-electron chi connectivity index (χ3n) is 5.59. The highest BCUT2D eigenvalue weighted by atomic mass is 32.1. The quantitative estimate of drug-likeness (QED) is 0.782. The van der Waals surface area contributed by atoms with Crippen LogP contribution in [-0.2, 0) is 14.4 Å². The van der Waals surface area contributed by atoms with Crippen molar-refractivity contribution >= 4 is 34.2 Å². The Kier molecular flexibility index (Phi) is 5.26. The molecule has 2 heterocycles. The number of thiazole rings is 1. The number of rotatable bonds is 5. The summed E-state index contributed by atoms with van der Waals surface area (Å²) in [6.45, 7) is 2.17. The number of nitrogens with zero attached hydrogens (tertiary/aromatic N) is 2. The van der Waals surface area contributed by atoms with Crippen LogP contribution in [0.3, 0.4) is 0 Å². The second-order valence-electron chi connectivity index (χ2n) is 7.53. The van der Waals surface area contributed by atoms with Crippen LogP contribution >= 0.6 is 11.3 Å². The number of fused-ring (bicyclic) bond motifs is 1. The highest BCUT2D eigenvalue weighted by molar-refractivity contribution is 7.14. The molecule has 0 radical (unpaired) electrons. The largest absolute Gasteiger partial charge is 0.302 e. The summed E-state index contributed by atoms with van der Waals surface area (Å²) in [4.78, 5) is 43.0. The maximum Gasteiger partial charge on any atom is 0.233 e. The summed E-state index contributed by atoms with van der Waals surface area (Å²) in [5.41, 5.74) is 2.99. The first-order valence-corrected chi connectivity index (χ1v) is 10.6. The summed E-state index contributed by atoms with van der Waals surface area (Å²) >= 11 is 1.36. The smallest absolute Gasteiger partial charge is 0.233 e. The lowest BCUT2D eigenvalue weighted by molar-refractivity contribution is -0.140. The zero-order valence-corrected chi connectivity index (χ0v) is 16.6. The van der Waals surface area contributed by atoms with E-state index in [0.717, 1.165) is 36.9 Å². The van der Waals surface area contributed by atoms with Crippen LogP contribution in [-0.4, -0.2) is 34.2 Å². The predicted octanol–water partition coefficient (Wildman–Crippen LogP) is 3.62. The van der Waals surface area contributed by atoms with Gasteiger partial charge < -0.3 is 5.32 Å². The van der Waals surface area contributed by atoms with E-state index in [9.17, 15) is 14.4 Å². The molecule has 6 nitrogen and oxygen atoms in total. The van der Waals surface area contributed by atoms with Gasteiger partial charge in [0.1, 0.15) is 0 Å². The van der Waals surface area contributed by atoms with Crippen LogP contribution in [0, 0.1) is 18.8 Å². The summed E-state index contributed by atoms with van der Waals surface area (Å²) in [7, 11) is 0. The van der Waals surface area contributed by atoms with E-state index in [1.165, 1.54) is 21.8 Å². The average Bonchev–Trinajstić information content (AvgIpc) is 3.25. The summed E-state index contributed by atoms with van der Waals surface area (Å²) in [5, 5.41) is 5.20. The van der Waals surface area contributed by atoms with Crippen molar-refractivity contribution in [1.82, 2.24) is 9.88 Å². The molecule has 1 aliphatic heterocycles. The van der Waals surface area contributed by atoms with Crippen molar-refractivity contribution < 1.29 is 14.4 Å². The van der Waals surface area contributed by atoms with Crippen molar-refractivity contribution in [3.63, 3.8) is 0 Å². The minimum atomic E-state index is -0.236. The Labute approximate surface area is 168 Å². The van der Waals surface area contributed by atoms with Crippen molar-refractivity contribution in [2.24, 2.45) is 11.8 Å². The van der Waals surface area contributed by atoms with Gasteiger partial charge >= 0.3 is 0 Å². The van der Waals surface area contributed by atoms with Crippen LogP contribution in [0.25, 0.3) is 11.3 Å². The summed E-state index contributed by atoms with van der Waals surface area (Å²) in [6, 6.07) is 8.04. The molecular weight excluding hydrogens is 374 g/mol. The second-order valence-corrected chi connectivity index (χ2v) is 8.39. The zero-order valence-electron chi connectivity index (χ0n) is 15.8. The third kappa shape index (κ3) is 3.71. The number of likely N-dealkylation sites (tertiary alicyclic amines) is 1. The lowest BCUT2D eigenvalue weighted by atomic mass is 9.81. The molecule has 4 rings (SSSR count). The van der Waals surface area contributed by atoms with Gasteiger partial charge in [-0.1, -0.05) is 42.7 Å². The van der Waals surface area contributed by atoms with Crippen LogP contribution in [0.15, 0.2) is 29.6 Å². The van der Waals surface area contributed by atoms with E-state index in [2.05, 4.69) is 10.3 Å². The monoisotopic (exact) mass is 397 g/mol. The molecule has 0 bridgehead atoms. The van der Waals surface area contributed by atoms with E-state index in [1.54, 1.807) is 0 Å². The van der Waals surface area contributed by atoms with Crippen molar-refractivity contribution in [1.29, 1.82) is 0 Å². The molecule has 2 fully saturated rings. The maximum atomic E-state index is 12.5. The normalized spacial score (nSPS) is 21.7. The van der Waals surface area contributed by atoms with Crippen molar-refractivity contribution in [3.05, 3.63) is 35.2 Å². The molecule has 2 atom stereocenters. The lowest BCUT2D eigenvalue weighted by Gasteiger charge is -2.19. The van der Waals surface area contributed by atoms with Crippen molar-refractivity contribution in [2.45, 2.75) is 39.0 Å². The van der Waals surface area contributed by atoms with Crippen LogP contribution in [0.1, 0.15) is 37.7 Å². The highest BCUT2D eigenvalue weighted by Gasteiger charge is 2.47. The fourth-order valence-corrected chi connectivity index (χ4v) is 4.77. The third-order valence-corrected chi connectivity index (χ3v) is 6.35. The number of hydrogen-bond donors (Lipinski definition) is 1. The molecule has 2 aliphatic rings. The fraction of sp³-hybridized carbons (Fsp3) is 0.429. The van der Waals surface area contributed by atoms with Crippen LogP contribution in [0.5, 0.6) is 0 Å². The first kappa shape index (κ1) is 18.8. The second kappa shape index (κ2) is 7.83. The van der Waals surface area contributed by atoms with Crippen LogP contribution < -0.4 is 5.32 Å². The van der Waals surface area contributed by atoms with Crippen LogP contribution in [0.4, 0.5) is 5.13 Å². The molecule has 28 heavy (non-hydrogen) atoms. The zero-order chi connectivity index (χ0) is 19.7. The van der Waals surface area contributed by atoms with E-state index >= 15 is 0 Å². The molecule has 3 amide bonds. The number of imide groups is 1. The summed E-state index contributed by atoms with van der Waals surface area (Å²) < 4.78 is 0. The van der Waals surface area contributed by atoms with Gasteiger partial charge in [0, 0.05) is 23.9 Å². The first-order chi connectivity index (χ1) is 13.5. The van der Waals surface area contributed by atoms with Gasteiger partial charge in [0.25, 0.3) is 0 Å². The Hall–Kier alpha value is -2.54. The Balaban J connectivity index is 1.33. The number of aromatic nitrogens is 1. The van der Waals surface area contributed by atoms with E-state index in [0.29, 0.717) is 5.13 Å². The van der Waals surface area contributed by atoms with Gasteiger partial charge in [-0.25, -0.2) is 4.98 Å². The summed E-state index contributed by atoms with van der Waals surface area (Å²) in [6.07, 6.45) is 3.68. The fourth-order valence-electron chi connectivity index (χ4n) is 4.03.